The number of nitrogens with zero attached hydrogens (tertiary/aromatic N) is 4. The smallest absolute Gasteiger partial charge is 0.422 e. The van der Waals surface area contributed by atoms with Gasteiger partial charge in [0, 0.05) is 68.4 Å². The molecule has 1 amide bonds. The molecule has 254 valence electrons. The van der Waals surface area contributed by atoms with Crippen molar-refractivity contribution in [1.29, 1.82) is 0 Å². The topological polar surface area (TPSA) is 114 Å². The molecule has 14 heteroatoms. The molecule has 3 heterocycles. The van der Waals surface area contributed by atoms with Gasteiger partial charge in [-0.2, -0.15) is 13.2 Å². The summed E-state index contributed by atoms with van der Waals surface area (Å²) in [6.07, 6.45) is -2.94. The third-order valence-electron chi connectivity index (χ3n) is 8.09. The number of aryl methyl sites for hydroxylation is 1. The first-order chi connectivity index (χ1) is 23.4. The van der Waals surface area contributed by atoms with Gasteiger partial charge in [-0.3, -0.25) is 9.69 Å². The van der Waals surface area contributed by atoms with Crippen LogP contribution in [0.15, 0.2) is 101 Å². The van der Waals surface area contributed by atoms with Crippen molar-refractivity contribution >= 4 is 33.6 Å². The number of hydrogen-bond donors (Lipinski definition) is 1. The van der Waals surface area contributed by atoms with Gasteiger partial charge in [-0.05, 0) is 66.2 Å². The van der Waals surface area contributed by atoms with Gasteiger partial charge < -0.3 is 24.0 Å². The summed E-state index contributed by atoms with van der Waals surface area (Å²) in [7, 11) is 0.272. The van der Waals surface area contributed by atoms with Crippen LogP contribution >= 0.6 is 0 Å². The molecule has 1 N–H and O–H groups in total. The summed E-state index contributed by atoms with van der Waals surface area (Å²) in [6.45, 7) is 1.63. The number of fused-ring (bicyclic) bond motifs is 1. The second kappa shape index (κ2) is 14.1. The number of piperazine rings is 1. The first-order valence-electron chi connectivity index (χ1n) is 15.2. The van der Waals surface area contributed by atoms with E-state index < -0.39 is 29.6 Å². The van der Waals surface area contributed by atoms with Crippen LogP contribution in [0, 0.1) is 0 Å². The Morgan fingerprint density at radius 1 is 0.878 bits per heavy atom. The van der Waals surface area contributed by atoms with Gasteiger partial charge in [0.05, 0.1) is 26.8 Å². The predicted molar refractivity (Wildman–Crippen MR) is 174 cm³/mol. The molecule has 5 aromatic rings. The Balaban J connectivity index is 1.04. The second-order valence-electron chi connectivity index (χ2n) is 11.5. The third kappa shape index (κ3) is 8.09. The van der Waals surface area contributed by atoms with Gasteiger partial charge in [0.15, 0.2) is 6.61 Å². The summed E-state index contributed by atoms with van der Waals surface area (Å²) in [4.78, 5) is 33.8. The molecule has 0 aliphatic carbocycles. The number of aromatic carboxylic acids is 1. The summed E-state index contributed by atoms with van der Waals surface area (Å²) in [5, 5.41) is 9.94. The lowest BCUT2D eigenvalue weighted by atomic mass is 10.2. The molecule has 0 radical (unpaired) electrons. The van der Waals surface area contributed by atoms with Gasteiger partial charge in [-0.25, -0.2) is 14.0 Å². The van der Waals surface area contributed by atoms with Crippen LogP contribution in [0.4, 0.5) is 13.2 Å². The minimum absolute atomic E-state index is 0.0881. The molecule has 0 bridgehead atoms. The molecule has 0 spiro atoms. The summed E-state index contributed by atoms with van der Waals surface area (Å²) >= 11 is 0. The van der Waals surface area contributed by atoms with E-state index in [-0.39, 0.29) is 23.1 Å². The van der Waals surface area contributed by atoms with Crippen LogP contribution in [0.3, 0.4) is 0 Å². The largest absolute Gasteiger partial charge is 0.484 e. The fourth-order valence-corrected chi connectivity index (χ4v) is 6.47. The zero-order chi connectivity index (χ0) is 34.7. The summed E-state index contributed by atoms with van der Waals surface area (Å²) in [5.41, 5.74) is 2.38. The molecule has 49 heavy (non-hydrogen) atoms. The van der Waals surface area contributed by atoms with Crippen LogP contribution < -0.4 is 9.47 Å². The van der Waals surface area contributed by atoms with Crippen LogP contribution in [0.2, 0.25) is 0 Å². The maximum absolute atomic E-state index is 13.5. The normalized spacial score (nSPS) is 14.5. The standard InChI is InChI=1S/C35H31F3N4O6S/c1-40-30-19-27(48-32-13-12-29(20-39-32)49(46)28-10-5-24(6-11-28)34(44)45)9-4-25(30)18-31(40)33(43)42-16-14-41(15-17-42)21-23-2-7-26(8-3-23)47-22-35(36,37)38/h2-13,18-20H,14-17,21-22H2,1H3,(H,44,45). The van der Waals surface area contributed by atoms with E-state index in [1.54, 1.807) is 30.3 Å². The highest BCUT2D eigenvalue weighted by Gasteiger charge is 2.28. The number of halogens is 3. The van der Waals surface area contributed by atoms with Gasteiger partial charge in [0.1, 0.15) is 17.2 Å². The van der Waals surface area contributed by atoms with E-state index in [1.165, 1.54) is 42.6 Å². The van der Waals surface area contributed by atoms with Crippen LogP contribution in [0.1, 0.15) is 26.4 Å². The Bertz CT molecular complexity index is 1990. The molecule has 1 fully saturated rings. The van der Waals surface area contributed by atoms with Crippen molar-refractivity contribution in [2.75, 3.05) is 32.8 Å². The van der Waals surface area contributed by atoms with Crippen LogP contribution in [0.25, 0.3) is 10.9 Å². The highest BCUT2D eigenvalue weighted by atomic mass is 32.2. The zero-order valence-corrected chi connectivity index (χ0v) is 27.0. The molecular formula is C35H31F3N4O6S. The molecule has 1 aliphatic rings. The Morgan fingerprint density at radius 3 is 2.18 bits per heavy atom. The monoisotopic (exact) mass is 692 g/mol. The average Bonchev–Trinajstić information content (AvgIpc) is 3.43. The Morgan fingerprint density at radius 2 is 1.55 bits per heavy atom. The second-order valence-corrected chi connectivity index (χ2v) is 12.9. The lowest BCUT2D eigenvalue weighted by Crippen LogP contribution is -2.48. The first-order valence-corrected chi connectivity index (χ1v) is 16.4. The van der Waals surface area contributed by atoms with Crippen LogP contribution in [-0.2, 0) is 24.4 Å². The number of amides is 1. The Kier molecular flexibility index (Phi) is 9.69. The van der Waals surface area contributed by atoms with Gasteiger partial charge in [0.2, 0.25) is 5.88 Å². The van der Waals surface area contributed by atoms with Crippen molar-refractivity contribution < 1.29 is 41.5 Å². The number of benzene rings is 3. The average molecular weight is 693 g/mol. The lowest BCUT2D eigenvalue weighted by Gasteiger charge is -2.34. The van der Waals surface area contributed by atoms with Gasteiger partial charge in [-0.15, -0.1) is 0 Å². The number of carbonyl (C=O) groups excluding carboxylic acids is 1. The minimum atomic E-state index is -4.39. The van der Waals surface area contributed by atoms with E-state index in [0.29, 0.717) is 54.0 Å². The van der Waals surface area contributed by atoms with Crippen molar-refractivity contribution in [3.05, 3.63) is 108 Å². The maximum atomic E-state index is 13.5. The fraction of sp³-hybridized carbons (Fsp3) is 0.229. The molecule has 1 aliphatic heterocycles. The predicted octanol–water partition coefficient (Wildman–Crippen LogP) is 6.13. The van der Waals surface area contributed by atoms with E-state index in [2.05, 4.69) is 9.88 Å². The summed E-state index contributed by atoms with van der Waals surface area (Å²) in [6, 6.07) is 22.9. The van der Waals surface area contributed by atoms with Gasteiger partial charge in [0.25, 0.3) is 5.91 Å². The lowest BCUT2D eigenvalue weighted by molar-refractivity contribution is -0.153. The Labute approximate surface area is 281 Å². The molecular weight excluding hydrogens is 661 g/mol. The molecule has 1 atom stereocenters. The molecule has 1 saturated heterocycles. The van der Waals surface area contributed by atoms with Crippen molar-refractivity contribution in [2.24, 2.45) is 7.05 Å². The number of carboxylic acid groups (broad SMARTS) is 1. The number of rotatable bonds is 10. The van der Waals surface area contributed by atoms with Crippen molar-refractivity contribution in [2.45, 2.75) is 22.5 Å². The van der Waals surface area contributed by atoms with E-state index in [4.69, 9.17) is 14.6 Å². The van der Waals surface area contributed by atoms with E-state index >= 15 is 0 Å². The number of carboxylic acids is 1. The van der Waals surface area contributed by atoms with E-state index in [0.717, 1.165) is 16.5 Å². The SMILES string of the molecule is Cn1c(C(=O)N2CCN(Cc3ccc(OCC(F)(F)F)cc3)CC2)cc2ccc(Oc3ccc(S(=O)c4ccc(C(=O)O)cc4)cn3)cc21. The highest BCUT2D eigenvalue weighted by Crippen LogP contribution is 2.28. The number of ether oxygens (including phenoxy) is 2. The van der Waals surface area contributed by atoms with Crippen molar-refractivity contribution in [1.82, 2.24) is 19.4 Å². The Hall–Kier alpha value is -5.21. The quantitative estimate of drug-likeness (QED) is 0.186. The molecule has 0 saturated carbocycles. The van der Waals surface area contributed by atoms with E-state index in [1.807, 2.05) is 34.7 Å². The number of pyridine rings is 1. The first kappa shape index (κ1) is 33.7. The molecule has 1 unspecified atom stereocenters. The molecule has 3 aromatic carbocycles. The van der Waals surface area contributed by atoms with E-state index in [9.17, 15) is 27.0 Å². The molecule has 6 rings (SSSR count). The third-order valence-corrected chi connectivity index (χ3v) is 9.46. The minimum Gasteiger partial charge on any atom is -0.484 e. The summed E-state index contributed by atoms with van der Waals surface area (Å²) in [5.74, 6) is -0.192. The number of hydrogen-bond acceptors (Lipinski definition) is 7. The van der Waals surface area contributed by atoms with Crippen molar-refractivity contribution in [3.63, 3.8) is 0 Å². The van der Waals surface area contributed by atoms with Crippen LogP contribution in [0.5, 0.6) is 17.4 Å². The van der Waals surface area contributed by atoms with Gasteiger partial charge in [-0.1, -0.05) is 12.1 Å². The highest BCUT2D eigenvalue weighted by molar-refractivity contribution is 7.85. The summed E-state index contributed by atoms with van der Waals surface area (Å²) < 4.78 is 62.7. The fourth-order valence-electron chi connectivity index (χ4n) is 5.48. The zero-order valence-electron chi connectivity index (χ0n) is 26.2. The van der Waals surface area contributed by atoms with Gasteiger partial charge >= 0.3 is 12.1 Å². The maximum Gasteiger partial charge on any atom is 0.422 e. The van der Waals surface area contributed by atoms with Crippen molar-refractivity contribution in [3.8, 4) is 17.4 Å². The number of carbonyl (C=O) groups is 2. The number of aromatic nitrogens is 2. The molecule has 10 nitrogen and oxygen atoms in total. The molecule has 2 aromatic heterocycles. The van der Waals surface area contributed by atoms with Crippen LogP contribution in [-0.4, -0.2) is 79.5 Å². The number of alkyl halides is 3.